The van der Waals surface area contributed by atoms with Crippen LogP contribution < -0.4 is 0 Å². The summed E-state index contributed by atoms with van der Waals surface area (Å²) in [4.78, 5) is 10.5. The fraction of sp³-hybridized carbons (Fsp3) is 0.875. The number of carbonyl (C=O) groups excluding carboxylic acids is 1. The van der Waals surface area contributed by atoms with E-state index < -0.39 is 11.9 Å². The Labute approximate surface area is 71.8 Å². The quantitative estimate of drug-likeness (QED) is 0.579. The molecule has 0 aromatic carbocycles. The minimum Gasteiger partial charge on any atom is -0.371 e. The largest absolute Gasteiger partial charge is 0.371 e. The van der Waals surface area contributed by atoms with Crippen molar-refractivity contribution < 1.29 is 19.0 Å². The van der Waals surface area contributed by atoms with Crippen LogP contribution in [-0.4, -0.2) is 38.0 Å². The molecule has 0 bridgehead atoms. The molecule has 12 heavy (non-hydrogen) atoms. The lowest BCUT2D eigenvalue weighted by Crippen LogP contribution is -2.33. The van der Waals surface area contributed by atoms with Gasteiger partial charge in [0.2, 0.25) is 0 Å². The van der Waals surface area contributed by atoms with Crippen LogP contribution >= 0.6 is 0 Å². The van der Waals surface area contributed by atoms with Gasteiger partial charge >= 0.3 is 0 Å². The van der Waals surface area contributed by atoms with E-state index in [-0.39, 0.29) is 6.10 Å². The van der Waals surface area contributed by atoms with E-state index in [9.17, 15) is 4.79 Å². The molecule has 0 aromatic rings. The van der Waals surface area contributed by atoms with Crippen LogP contribution in [0.4, 0.5) is 0 Å². The normalized spacial score (nSPS) is 30.1. The molecule has 0 spiro atoms. The van der Waals surface area contributed by atoms with E-state index in [4.69, 9.17) is 14.2 Å². The molecule has 0 amide bonds. The molecule has 2 atom stereocenters. The fourth-order valence-corrected chi connectivity index (χ4v) is 1.17. The van der Waals surface area contributed by atoms with Crippen molar-refractivity contribution in [1.82, 2.24) is 0 Å². The summed E-state index contributed by atoms with van der Waals surface area (Å²) in [6.45, 7) is 4.03. The topological polar surface area (TPSA) is 44.8 Å². The summed E-state index contributed by atoms with van der Waals surface area (Å²) in [5.41, 5.74) is 0. The highest BCUT2D eigenvalue weighted by Gasteiger charge is 2.37. The summed E-state index contributed by atoms with van der Waals surface area (Å²) >= 11 is 0. The van der Waals surface area contributed by atoms with Gasteiger partial charge in [0.15, 0.2) is 12.1 Å². The van der Waals surface area contributed by atoms with Gasteiger partial charge in [-0.3, -0.25) is 0 Å². The van der Waals surface area contributed by atoms with E-state index in [0.717, 1.165) is 6.29 Å². The molecule has 1 aliphatic rings. The minimum atomic E-state index is -0.593. The molecule has 4 nitrogen and oxygen atoms in total. The van der Waals surface area contributed by atoms with Crippen molar-refractivity contribution in [2.24, 2.45) is 0 Å². The molecule has 1 rings (SSSR count). The summed E-state index contributed by atoms with van der Waals surface area (Å²) in [6.07, 6.45) is -0.0654. The van der Waals surface area contributed by atoms with Crippen molar-refractivity contribution >= 4 is 6.29 Å². The van der Waals surface area contributed by atoms with Crippen molar-refractivity contribution in [3.05, 3.63) is 0 Å². The third-order valence-corrected chi connectivity index (χ3v) is 1.80. The second-order valence-electron chi connectivity index (χ2n) is 3.20. The van der Waals surface area contributed by atoms with Crippen LogP contribution in [0.2, 0.25) is 0 Å². The van der Waals surface area contributed by atoms with Crippen LogP contribution in [0.5, 0.6) is 0 Å². The van der Waals surface area contributed by atoms with E-state index in [0.29, 0.717) is 6.61 Å². The Bertz CT molecular complexity index is 166. The standard InChI is InChI=1S/C8H14O4/c1-8(2)11-5-7(12-8)6(4-9)10-3/h4,6-7H,5H2,1-3H3/t6-,7-/m0/s1. The van der Waals surface area contributed by atoms with Gasteiger partial charge in [0.1, 0.15) is 12.2 Å². The Morgan fingerprint density at radius 1 is 1.67 bits per heavy atom. The van der Waals surface area contributed by atoms with Gasteiger partial charge in [0.25, 0.3) is 0 Å². The maximum atomic E-state index is 10.5. The van der Waals surface area contributed by atoms with Gasteiger partial charge in [-0.1, -0.05) is 0 Å². The zero-order valence-corrected chi connectivity index (χ0v) is 7.57. The van der Waals surface area contributed by atoms with Gasteiger partial charge in [0, 0.05) is 7.11 Å². The Morgan fingerprint density at radius 2 is 2.33 bits per heavy atom. The zero-order valence-electron chi connectivity index (χ0n) is 7.57. The molecule has 1 fully saturated rings. The molecule has 1 heterocycles. The highest BCUT2D eigenvalue weighted by atomic mass is 16.7. The Morgan fingerprint density at radius 3 is 2.67 bits per heavy atom. The number of carbonyl (C=O) groups is 1. The lowest BCUT2D eigenvalue weighted by atomic mass is 10.2. The second-order valence-corrected chi connectivity index (χ2v) is 3.20. The van der Waals surface area contributed by atoms with Gasteiger partial charge in [-0.2, -0.15) is 0 Å². The van der Waals surface area contributed by atoms with Gasteiger partial charge < -0.3 is 19.0 Å². The third-order valence-electron chi connectivity index (χ3n) is 1.80. The van der Waals surface area contributed by atoms with Crippen molar-refractivity contribution in [3.63, 3.8) is 0 Å². The summed E-state index contributed by atoms with van der Waals surface area (Å²) in [7, 11) is 1.48. The van der Waals surface area contributed by atoms with Crippen molar-refractivity contribution in [2.75, 3.05) is 13.7 Å². The maximum absolute atomic E-state index is 10.5. The average molecular weight is 174 g/mol. The van der Waals surface area contributed by atoms with Crippen molar-refractivity contribution in [3.8, 4) is 0 Å². The summed E-state index contributed by atoms with van der Waals surface area (Å²) in [5.74, 6) is -0.593. The van der Waals surface area contributed by atoms with Crippen LogP contribution in [0.3, 0.4) is 0 Å². The smallest absolute Gasteiger partial charge is 0.163 e. The fourth-order valence-electron chi connectivity index (χ4n) is 1.17. The maximum Gasteiger partial charge on any atom is 0.163 e. The van der Waals surface area contributed by atoms with Crippen LogP contribution in [-0.2, 0) is 19.0 Å². The first-order chi connectivity index (χ1) is 5.59. The van der Waals surface area contributed by atoms with E-state index in [2.05, 4.69) is 0 Å². The van der Waals surface area contributed by atoms with Gasteiger partial charge in [0.05, 0.1) is 6.61 Å². The van der Waals surface area contributed by atoms with E-state index in [1.807, 2.05) is 13.8 Å². The van der Waals surface area contributed by atoms with Gasteiger partial charge in [-0.05, 0) is 13.8 Å². The monoisotopic (exact) mass is 174 g/mol. The first-order valence-corrected chi connectivity index (χ1v) is 3.89. The van der Waals surface area contributed by atoms with E-state index in [1.54, 1.807) is 0 Å². The van der Waals surface area contributed by atoms with Gasteiger partial charge in [-0.15, -0.1) is 0 Å². The number of rotatable bonds is 3. The van der Waals surface area contributed by atoms with Crippen LogP contribution in [0.25, 0.3) is 0 Å². The number of hydrogen-bond acceptors (Lipinski definition) is 4. The second kappa shape index (κ2) is 3.51. The zero-order chi connectivity index (χ0) is 9.19. The Kier molecular flexibility index (Phi) is 2.82. The highest BCUT2D eigenvalue weighted by molar-refractivity contribution is 5.57. The Hall–Kier alpha value is -0.450. The number of aldehydes is 1. The summed E-state index contributed by atoms with van der Waals surface area (Å²) in [5, 5.41) is 0. The molecule has 0 radical (unpaired) electrons. The first-order valence-electron chi connectivity index (χ1n) is 3.89. The molecular formula is C8H14O4. The minimum absolute atomic E-state index is 0.275. The lowest BCUT2D eigenvalue weighted by molar-refractivity contribution is -0.156. The van der Waals surface area contributed by atoms with Crippen LogP contribution in [0.1, 0.15) is 13.8 Å². The average Bonchev–Trinajstić information content (AvgIpc) is 2.34. The molecule has 0 N–H and O–H groups in total. The number of ether oxygens (including phenoxy) is 3. The molecule has 0 unspecified atom stereocenters. The molecule has 0 aromatic heterocycles. The van der Waals surface area contributed by atoms with Crippen molar-refractivity contribution in [1.29, 1.82) is 0 Å². The molecular weight excluding hydrogens is 160 g/mol. The predicted molar refractivity (Wildman–Crippen MR) is 41.8 cm³/mol. The lowest BCUT2D eigenvalue weighted by Gasteiger charge is -2.19. The first kappa shape index (κ1) is 9.64. The molecule has 0 saturated carbocycles. The van der Waals surface area contributed by atoms with Crippen molar-refractivity contribution in [2.45, 2.75) is 31.8 Å². The number of methoxy groups -OCH3 is 1. The van der Waals surface area contributed by atoms with Crippen LogP contribution in [0.15, 0.2) is 0 Å². The third kappa shape index (κ3) is 2.03. The molecule has 0 aliphatic carbocycles. The SMILES string of the molecule is CO[C@@H](C=O)[C@@H]1COC(C)(C)O1. The Balaban J connectivity index is 2.50. The highest BCUT2D eigenvalue weighted by Crippen LogP contribution is 2.24. The van der Waals surface area contributed by atoms with Gasteiger partial charge in [-0.25, -0.2) is 0 Å². The van der Waals surface area contributed by atoms with E-state index in [1.165, 1.54) is 7.11 Å². The molecule has 70 valence electrons. The number of hydrogen-bond donors (Lipinski definition) is 0. The molecule has 1 aliphatic heterocycles. The summed E-state index contributed by atoms with van der Waals surface area (Å²) < 4.78 is 15.6. The molecule has 1 saturated heterocycles. The predicted octanol–water partition coefficient (Wildman–Crippen LogP) is 0.352. The van der Waals surface area contributed by atoms with E-state index >= 15 is 0 Å². The molecule has 4 heteroatoms. The summed E-state index contributed by atoms with van der Waals surface area (Å²) in [6, 6.07) is 0. The van der Waals surface area contributed by atoms with Crippen LogP contribution in [0, 0.1) is 0 Å².